The maximum Gasteiger partial charge on any atom is 0.358 e. The largest absolute Gasteiger partial charge is 0.476 e. The van der Waals surface area contributed by atoms with Crippen molar-refractivity contribution in [3.63, 3.8) is 0 Å². The first-order valence-corrected chi connectivity index (χ1v) is 6.06. The van der Waals surface area contributed by atoms with E-state index in [0.29, 0.717) is 13.1 Å². The summed E-state index contributed by atoms with van der Waals surface area (Å²) >= 11 is 0. The highest BCUT2D eigenvalue weighted by Crippen LogP contribution is 2.02. The summed E-state index contributed by atoms with van der Waals surface area (Å²) in [4.78, 5) is 22.1. The van der Waals surface area contributed by atoms with Crippen LogP contribution in [0.5, 0.6) is 0 Å². The molecule has 8 heteroatoms. The van der Waals surface area contributed by atoms with E-state index in [1.165, 1.54) is 10.9 Å². The average Bonchev–Trinajstić information content (AvgIpc) is 2.77. The molecule has 0 fully saturated rings. The number of amides is 1. The number of carboxylic acid groups (broad SMARTS) is 1. The lowest BCUT2D eigenvalue weighted by atomic mass is 10.0. The molecule has 106 valence electrons. The average molecular weight is 269 g/mol. The molecule has 0 aromatic carbocycles. The summed E-state index contributed by atoms with van der Waals surface area (Å²) in [6, 6.07) is -0.162. The highest BCUT2D eigenvalue weighted by Gasteiger charge is 2.12. The molecule has 1 atom stereocenters. The van der Waals surface area contributed by atoms with Gasteiger partial charge in [-0.1, -0.05) is 19.1 Å². The number of hydrogen-bond acceptors (Lipinski definition) is 5. The quantitative estimate of drug-likeness (QED) is 0.611. The van der Waals surface area contributed by atoms with Crippen LogP contribution >= 0.6 is 0 Å². The van der Waals surface area contributed by atoms with Gasteiger partial charge < -0.3 is 16.2 Å². The number of nitrogens with one attached hydrogen (secondary N) is 1. The smallest absolute Gasteiger partial charge is 0.358 e. The summed E-state index contributed by atoms with van der Waals surface area (Å²) in [7, 11) is 0. The maximum atomic E-state index is 11.5. The van der Waals surface area contributed by atoms with Crippen molar-refractivity contribution in [1.29, 1.82) is 0 Å². The summed E-state index contributed by atoms with van der Waals surface area (Å²) < 4.78 is 1.37. The lowest BCUT2D eigenvalue weighted by molar-refractivity contribution is -0.121. The molecule has 0 bridgehead atoms. The minimum atomic E-state index is -1.13. The van der Waals surface area contributed by atoms with E-state index in [2.05, 4.69) is 15.6 Å². The molecule has 19 heavy (non-hydrogen) atoms. The van der Waals surface area contributed by atoms with Crippen LogP contribution < -0.4 is 11.1 Å². The van der Waals surface area contributed by atoms with E-state index in [1.54, 1.807) is 0 Å². The molecule has 0 radical (unpaired) electrons. The number of aromatic nitrogens is 3. The van der Waals surface area contributed by atoms with E-state index >= 15 is 0 Å². The van der Waals surface area contributed by atoms with Gasteiger partial charge >= 0.3 is 5.97 Å². The Balaban J connectivity index is 2.29. The number of rotatable bonds is 7. The highest BCUT2D eigenvalue weighted by atomic mass is 16.4. The zero-order chi connectivity index (χ0) is 14.4. The number of carboxylic acids is 1. The Morgan fingerprint density at radius 1 is 1.53 bits per heavy atom. The summed E-state index contributed by atoms with van der Waals surface area (Å²) in [6.07, 6.45) is 1.59. The predicted octanol–water partition coefficient (Wildman–Crippen LogP) is -0.534. The van der Waals surface area contributed by atoms with E-state index in [0.717, 1.165) is 0 Å². The van der Waals surface area contributed by atoms with E-state index in [-0.39, 0.29) is 30.0 Å². The Kier molecular flexibility index (Phi) is 5.43. The molecule has 4 N–H and O–H groups in total. The van der Waals surface area contributed by atoms with Gasteiger partial charge in [-0.2, -0.15) is 0 Å². The number of hydrogen-bond donors (Lipinski definition) is 3. The molecule has 0 spiro atoms. The van der Waals surface area contributed by atoms with Gasteiger partial charge in [-0.15, -0.1) is 5.10 Å². The van der Waals surface area contributed by atoms with Gasteiger partial charge in [0, 0.05) is 19.0 Å². The second-order valence-electron chi connectivity index (χ2n) is 4.63. The molecule has 0 saturated carbocycles. The number of carbonyl (C=O) groups excluding carboxylic acids is 1. The van der Waals surface area contributed by atoms with E-state index in [9.17, 15) is 9.59 Å². The molecular formula is C11H19N5O3. The van der Waals surface area contributed by atoms with Crippen molar-refractivity contribution in [2.75, 3.05) is 6.54 Å². The van der Waals surface area contributed by atoms with Crippen molar-refractivity contribution < 1.29 is 14.7 Å². The third-order valence-corrected chi connectivity index (χ3v) is 2.70. The minimum absolute atomic E-state index is 0.117. The second kappa shape index (κ2) is 6.83. The molecule has 8 nitrogen and oxygen atoms in total. The predicted molar refractivity (Wildman–Crippen MR) is 67.4 cm³/mol. The first kappa shape index (κ1) is 15.1. The van der Waals surface area contributed by atoms with E-state index in [4.69, 9.17) is 10.8 Å². The van der Waals surface area contributed by atoms with Gasteiger partial charge in [-0.05, 0) is 5.92 Å². The first-order valence-electron chi connectivity index (χ1n) is 6.06. The van der Waals surface area contributed by atoms with Crippen molar-refractivity contribution in [3.05, 3.63) is 11.9 Å². The van der Waals surface area contributed by atoms with Crippen LogP contribution in [0.15, 0.2) is 6.20 Å². The molecule has 1 unspecified atom stereocenters. The Morgan fingerprint density at radius 3 is 2.74 bits per heavy atom. The summed E-state index contributed by atoms with van der Waals surface area (Å²) in [5.74, 6) is -1.00. The lowest BCUT2D eigenvalue weighted by Gasteiger charge is -2.14. The first-order chi connectivity index (χ1) is 8.90. The Labute approximate surface area is 111 Å². The third-order valence-electron chi connectivity index (χ3n) is 2.70. The summed E-state index contributed by atoms with van der Waals surface area (Å²) in [5, 5.41) is 18.5. The highest BCUT2D eigenvalue weighted by molar-refractivity contribution is 5.84. The molecule has 0 saturated heterocycles. The fourth-order valence-corrected chi connectivity index (χ4v) is 1.34. The second-order valence-corrected chi connectivity index (χ2v) is 4.63. The van der Waals surface area contributed by atoms with Gasteiger partial charge in [-0.25, -0.2) is 9.48 Å². The van der Waals surface area contributed by atoms with Gasteiger partial charge in [0.2, 0.25) is 5.91 Å². The van der Waals surface area contributed by atoms with Crippen LogP contribution in [0.2, 0.25) is 0 Å². The molecule has 1 aromatic rings. The number of carbonyl (C=O) groups is 2. The van der Waals surface area contributed by atoms with Crippen LogP contribution in [-0.4, -0.2) is 44.6 Å². The van der Waals surface area contributed by atoms with Crippen LogP contribution in [0.25, 0.3) is 0 Å². The Hall–Kier alpha value is -1.96. The van der Waals surface area contributed by atoms with E-state index < -0.39 is 5.97 Å². The van der Waals surface area contributed by atoms with Crippen LogP contribution in [0, 0.1) is 5.92 Å². The summed E-state index contributed by atoms with van der Waals surface area (Å²) in [6.45, 7) is 4.64. The molecule has 1 aromatic heterocycles. The Bertz CT molecular complexity index is 443. The Morgan fingerprint density at radius 2 is 2.21 bits per heavy atom. The molecule has 0 aliphatic carbocycles. The zero-order valence-corrected chi connectivity index (χ0v) is 11.0. The van der Waals surface area contributed by atoms with Crippen molar-refractivity contribution in [2.45, 2.75) is 32.9 Å². The number of nitrogens with zero attached hydrogens (tertiary/aromatic N) is 3. The molecular weight excluding hydrogens is 250 g/mol. The van der Waals surface area contributed by atoms with Gasteiger partial charge in [0.15, 0.2) is 5.69 Å². The third kappa shape index (κ3) is 5.04. The van der Waals surface area contributed by atoms with Crippen molar-refractivity contribution >= 4 is 11.9 Å². The minimum Gasteiger partial charge on any atom is -0.476 e. The normalized spacial score (nSPS) is 12.4. The van der Waals surface area contributed by atoms with Crippen LogP contribution in [0.4, 0.5) is 0 Å². The van der Waals surface area contributed by atoms with Gasteiger partial charge in [0.1, 0.15) is 0 Å². The number of aromatic carboxylic acids is 1. The monoisotopic (exact) mass is 269 g/mol. The molecule has 1 amide bonds. The SMILES string of the molecule is CC(C)C(N)CC(=O)NCCn1cc(C(=O)O)nn1. The van der Waals surface area contributed by atoms with Crippen molar-refractivity contribution in [2.24, 2.45) is 11.7 Å². The molecule has 1 rings (SSSR count). The maximum absolute atomic E-state index is 11.5. The van der Waals surface area contributed by atoms with Crippen LogP contribution in [0.1, 0.15) is 30.8 Å². The lowest BCUT2D eigenvalue weighted by Crippen LogP contribution is -2.36. The standard InChI is InChI=1S/C11H19N5O3/c1-7(2)8(12)5-10(17)13-3-4-16-6-9(11(18)19)14-15-16/h6-8H,3-5,12H2,1-2H3,(H,13,17)(H,18,19). The molecule has 0 aliphatic heterocycles. The van der Waals surface area contributed by atoms with Gasteiger partial charge in [0.25, 0.3) is 0 Å². The van der Waals surface area contributed by atoms with Gasteiger partial charge in [-0.3, -0.25) is 4.79 Å². The van der Waals surface area contributed by atoms with Crippen LogP contribution in [0.3, 0.4) is 0 Å². The molecule has 1 heterocycles. The molecule has 0 aliphatic rings. The number of nitrogens with two attached hydrogens (primary N) is 1. The van der Waals surface area contributed by atoms with Crippen molar-refractivity contribution in [3.8, 4) is 0 Å². The zero-order valence-electron chi connectivity index (χ0n) is 11.0. The van der Waals surface area contributed by atoms with Crippen molar-refractivity contribution in [1.82, 2.24) is 20.3 Å². The van der Waals surface area contributed by atoms with Crippen LogP contribution in [-0.2, 0) is 11.3 Å². The summed E-state index contributed by atoms with van der Waals surface area (Å²) in [5.41, 5.74) is 5.67. The van der Waals surface area contributed by atoms with Gasteiger partial charge in [0.05, 0.1) is 12.7 Å². The topological polar surface area (TPSA) is 123 Å². The fraction of sp³-hybridized carbons (Fsp3) is 0.636. The fourth-order valence-electron chi connectivity index (χ4n) is 1.34. The van der Waals surface area contributed by atoms with E-state index in [1.807, 2.05) is 13.8 Å².